The lowest BCUT2D eigenvalue weighted by molar-refractivity contribution is 0.247. The standard InChI is InChI=1S/C16H14Cl2N4O/c1-10(12-7-6-11(17)8-13(12)18)20-16(23)21-22-9-19-14-4-2-3-5-15(14)22/h2-10H,1H3,(H2,20,21,23)/t10-/m1/s1. The molecule has 0 fully saturated rings. The molecule has 0 spiro atoms. The van der Waals surface area contributed by atoms with Gasteiger partial charge in [0.25, 0.3) is 0 Å². The van der Waals surface area contributed by atoms with E-state index in [1.54, 1.807) is 29.2 Å². The quantitative estimate of drug-likeness (QED) is 0.738. The zero-order valence-electron chi connectivity index (χ0n) is 12.3. The van der Waals surface area contributed by atoms with Crippen molar-refractivity contribution in [2.45, 2.75) is 13.0 Å². The normalized spacial score (nSPS) is 12.1. The van der Waals surface area contributed by atoms with Gasteiger partial charge in [-0.3, -0.25) is 0 Å². The molecule has 2 N–H and O–H groups in total. The summed E-state index contributed by atoms with van der Waals surface area (Å²) < 4.78 is 1.57. The monoisotopic (exact) mass is 348 g/mol. The van der Waals surface area contributed by atoms with Crippen LogP contribution in [0.3, 0.4) is 0 Å². The summed E-state index contributed by atoms with van der Waals surface area (Å²) in [6, 6.07) is 12.1. The Bertz CT molecular complexity index is 862. The highest BCUT2D eigenvalue weighted by molar-refractivity contribution is 6.35. The number of amides is 2. The maximum atomic E-state index is 12.2. The molecule has 2 amide bonds. The fraction of sp³-hybridized carbons (Fsp3) is 0.125. The molecule has 0 radical (unpaired) electrons. The van der Waals surface area contributed by atoms with Crippen molar-refractivity contribution in [1.29, 1.82) is 0 Å². The summed E-state index contributed by atoms with van der Waals surface area (Å²) in [5.74, 6) is 0. The minimum Gasteiger partial charge on any atom is -0.330 e. The van der Waals surface area contributed by atoms with Gasteiger partial charge in [0.1, 0.15) is 6.33 Å². The van der Waals surface area contributed by atoms with Gasteiger partial charge in [0, 0.05) is 10.0 Å². The van der Waals surface area contributed by atoms with E-state index in [1.807, 2.05) is 31.2 Å². The van der Waals surface area contributed by atoms with Crippen LogP contribution in [-0.2, 0) is 0 Å². The highest BCUT2D eigenvalue weighted by atomic mass is 35.5. The van der Waals surface area contributed by atoms with Gasteiger partial charge in [-0.2, -0.15) is 0 Å². The second-order valence-corrected chi connectivity index (χ2v) is 5.92. The lowest BCUT2D eigenvalue weighted by atomic mass is 10.1. The number of para-hydroxylation sites is 2. The number of carbonyl (C=O) groups is 1. The van der Waals surface area contributed by atoms with Crippen LogP contribution >= 0.6 is 23.2 Å². The predicted octanol–water partition coefficient (Wildman–Crippen LogP) is 4.36. The molecule has 0 saturated heterocycles. The highest BCUT2D eigenvalue weighted by Gasteiger charge is 2.13. The van der Waals surface area contributed by atoms with Crippen LogP contribution in [0.15, 0.2) is 48.8 Å². The smallest absolute Gasteiger partial charge is 0.330 e. The number of hydrogen-bond donors (Lipinski definition) is 2. The van der Waals surface area contributed by atoms with E-state index in [2.05, 4.69) is 15.7 Å². The van der Waals surface area contributed by atoms with Crippen molar-refractivity contribution < 1.29 is 4.79 Å². The number of hydrogen-bond acceptors (Lipinski definition) is 2. The summed E-state index contributed by atoms with van der Waals surface area (Å²) in [6.45, 7) is 1.85. The fourth-order valence-corrected chi connectivity index (χ4v) is 2.89. The van der Waals surface area contributed by atoms with Gasteiger partial charge in [-0.05, 0) is 36.8 Å². The van der Waals surface area contributed by atoms with E-state index >= 15 is 0 Å². The Balaban J connectivity index is 1.71. The summed E-state index contributed by atoms with van der Waals surface area (Å²) in [6.07, 6.45) is 1.56. The van der Waals surface area contributed by atoms with Crippen LogP contribution in [-0.4, -0.2) is 15.7 Å². The first-order valence-corrected chi connectivity index (χ1v) is 7.75. The molecule has 3 aromatic rings. The minimum absolute atomic E-state index is 0.269. The number of fused-ring (bicyclic) bond motifs is 1. The Morgan fingerprint density at radius 2 is 2.00 bits per heavy atom. The number of imidazole rings is 1. The number of halogens is 2. The minimum atomic E-state index is -0.355. The number of carbonyl (C=O) groups excluding carboxylic acids is 1. The molecule has 3 rings (SSSR count). The molecule has 23 heavy (non-hydrogen) atoms. The predicted molar refractivity (Wildman–Crippen MR) is 92.5 cm³/mol. The molecule has 0 saturated carbocycles. The van der Waals surface area contributed by atoms with Gasteiger partial charge >= 0.3 is 6.03 Å². The number of benzene rings is 2. The van der Waals surface area contributed by atoms with E-state index in [0.29, 0.717) is 10.0 Å². The van der Waals surface area contributed by atoms with Gasteiger partial charge in [-0.1, -0.05) is 41.4 Å². The Morgan fingerprint density at radius 3 is 2.78 bits per heavy atom. The van der Waals surface area contributed by atoms with Crippen molar-refractivity contribution in [3.05, 3.63) is 64.4 Å². The van der Waals surface area contributed by atoms with Gasteiger partial charge in [-0.25, -0.2) is 19.9 Å². The van der Waals surface area contributed by atoms with Crippen molar-refractivity contribution in [1.82, 2.24) is 15.0 Å². The summed E-state index contributed by atoms with van der Waals surface area (Å²) in [4.78, 5) is 16.4. The molecule has 2 aromatic carbocycles. The number of rotatable bonds is 3. The second kappa shape index (κ2) is 6.48. The SMILES string of the molecule is C[C@@H](NC(=O)Nn1cnc2ccccc21)c1ccc(Cl)cc1Cl. The Kier molecular flexibility index (Phi) is 4.41. The van der Waals surface area contributed by atoms with Crippen LogP contribution in [0.25, 0.3) is 11.0 Å². The molecule has 0 aliphatic heterocycles. The molecule has 0 aliphatic rings. The molecular weight excluding hydrogens is 335 g/mol. The van der Waals surface area contributed by atoms with Gasteiger partial charge in [0.05, 0.1) is 17.1 Å². The fourth-order valence-electron chi connectivity index (χ4n) is 2.32. The van der Waals surface area contributed by atoms with Gasteiger partial charge in [0.2, 0.25) is 0 Å². The van der Waals surface area contributed by atoms with Crippen LogP contribution < -0.4 is 10.7 Å². The second-order valence-electron chi connectivity index (χ2n) is 5.08. The van der Waals surface area contributed by atoms with E-state index in [1.165, 1.54) is 0 Å². The third kappa shape index (κ3) is 3.41. The highest BCUT2D eigenvalue weighted by Crippen LogP contribution is 2.26. The van der Waals surface area contributed by atoms with Crippen LogP contribution in [0, 0.1) is 0 Å². The number of aromatic nitrogens is 2. The topological polar surface area (TPSA) is 59.0 Å². The van der Waals surface area contributed by atoms with Crippen LogP contribution in [0.4, 0.5) is 4.79 Å². The maximum absolute atomic E-state index is 12.2. The molecule has 118 valence electrons. The zero-order chi connectivity index (χ0) is 16.4. The maximum Gasteiger partial charge on any atom is 0.334 e. The van der Waals surface area contributed by atoms with Crippen LogP contribution in [0.5, 0.6) is 0 Å². The Hall–Kier alpha value is -2.24. The van der Waals surface area contributed by atoms with Gasteiger partial charge < -0.3 is 5.32 Å². The molecule has 0 unspecified atom stereocenters. The summed E-state index contributed by atoms with van der Waals surface area (Å²) in [5.41, 5.74) is 5.15. The lowest BCUT2D eigenvalue weighted by Gasteiger charge is -2.17. The third-order valence-electron chi connectivity index (χ3n) is 3.45. The van der Waals surface area contributed by atoms with E-state index < -0.39 is 0 Å². The van der Waals surface area contributed by atoms with E-state index in [0.717, 1.165) is 16.6 Å². The van der Waals surface area contributed by atoms with Crippen LogP contribution in [0.2, 0.25) is 10.0 Å². The first-order valence-electron chi connectivity index (χ1n) is 6.99. The lowest BCUT2D eigenvalue weighted by Crippen LogP contribution is -2.35. The van der Waals surface area contributed by atoms with Crippen molar-refractivity contribution in [3.8, 4) is 0 Å². The summed E-state index contributed by atoms with van der Waals surface area (Å²) in [7, 11) is 0. The molecule has 1 aromatic heterocycles. The molecule has 5 nitrogen and oxygen atoms in total. The molecule has 0 aliphatic carbocycles. The average Bonchev–Trinajstić information content (AvgIpc) is 2.90. The number of urea groups is 1. The van der Waals surface area contributed by atoms with Gasteiger partial charge in [-0.15, -0.1) is 0 Å². The van der Waals surface area contributed by atoms with Crippen LogP contribution in [0.1, 0.15) is 18.5 Å². The Labute approximate surface area is 143 Å². The van der Waals surface area contributed by atoms with E-state index in [4.69, 9.17) is 23.2 Å². The summed E-state index contributed by atoms with van der Waals surface area (Å²) in [5, 5.41) is 3.90. The van der Waals surface area contributed by atoms with Crippen molar-refractivity contribution in [2.24, 2.45) is 0 Å². The van der Waals surface area contributed by atoms with Gasteiger partial charge in [0.15, 0.2) is 0 Å². The molecular formula is C16H14Cl2N4O. The molecule has 1 atom stereocenters. The number of nitrogens with one attached hydrogen (secondary N) is 2. The Morgan fingerprint density at radius 1 is 1.22 bits per heavy atom. The largest absolute Gasteiger partial charge is 0.334 e. The van der Waals surface area contributed by atoms with Crippen molar-refractivity contribution >= 4 is 40.3 Å². The molecule has 0 bridgehead atoms. The van der Waals surface area contributed by atoms with Crippen molar-refractivity contribution in [3.63, 3.8) is 0 Å². The van der Waals surface area contributed by atoms with E-state index in [-0.39, 0.29) is 12.1 Å². The first-order chi connectivity index (χ1) is 11.0. The molecule has 1 heterocycles. The average molecular weight is 349 g/mol. The first kappa shape index (κ1) is 15.6. The summed E-state index contributed by atoms with van der Waals surface area (Å²) >= 11 is 12.0. The van der Waals surface area contributed by atoms with Crippen molar-refractivity contribution in [2.75, 3.05) is 5.43 Å². The number of nitrogens with zero attached hydrogens (tertiary/aromatic N) is 2. The third-order valence-corrected chi connectivity index (χ3v) is 4.01. The zero-order valence-corrected chi connectivity index (χ0v) is 13.8. The molecule has 7 heteroatoms. The van der Waals surface area contributed by atoms with E-state index in [9.17, 15) is 4.79 Å².